The third kappa shape index (κ3) is 3.45. The van der Waals surface area contributed by atoms with Crippen LogP contribution in [0.25, 0.3) is 16.6 Å². The third-order valence-electron chi connectivity index (χ3n) is 5.16. The third-order valence-corrected chi connectivity index (χ3v) is 5.28. The first-order chi connectivity index (χ1) is 12.7. The van der Waals surface area contributed by atoms with E-state index in [0.29, 0.717) is 11.6 Å². The van der Waals surface area contributed by atoms with Gasteiger partial charge in [-0.25, -0.2) is 4.98 Å². The van der Waals surface area contributed by atoms with E-state index in [-0.39, 0.29) is 10.8 Å². The maximum Gasteiger partial charge on any atom is 0.166 e. The van der Waals surface area contributed by atoms with Crippen molar-refractivity contribution in [2.24, 2.45) is 5.41 Å². The summed E-state index contributed by atoms with van der Waals surface area (Å²) in [5.41, 5.74) is 3.85. The van der Waals surface area contributed by atoms with E-state index in [1.807, 2.05) is 32.0 Å². The lowest BCUT2D eigenvalue weighted by molar-refractivity contribution is 0.206. The molecule has 138 valence electrons. The number of imidazole rings is 1. The van der Waals surface area contributed by atoms with Gasteiger partial charge in [-0.3, -0.25) is 0 Å². The van der Waals surface area contributed by atoms with Crippen molar-refractivity contribution in [3.05, 3.63) is 54.1 Å². The van der Waals surface area contributed by atoms with Crippen molar-refractivity contribution < 1.29 is 4.74 Å². The van der Waals surface area contributed by atoms with Gasteiger partial charge in [0.1, 0.15) is 23.0 Å². The molecule has 3 aromatic rings. The molecule has 2 aromatic heterocycles. The van der Waals surface area contributed by atoms with E-state index in [1.54, 1.807) is 0 Å². The first kappa shape index (κ1) is 18.0. The van der Waals surface area contributed by atoms with Crippen LogP contribution >= 0.6 is 9.24 Å². The largest absolute Gasteiger partial charge is 0.484 e. The van der Waals surface area contributed by atoms with Gasteiger partial charge in [-0.15, -0.1) is 0 Å². The number of hydrogen-bond donors (Lipinski definition) is 0. The molecular formula is C22H24N3OP. The summed E-state index contributed by atoms with van der Waals surface area (Å²) in [5.74, 6) is 2.25. The van der Waals surface area contributed by atoms with E-state index in [4.69, 9.17) is 4.74 Å². The fourth-order valence-electron chi connectivity index (χ4n) is 3.53. The van der Waals surface area contributed by atoms with Gasteiger partial charge in [0.05, 0.1) is 5.52 Å². The average Bonchev–Trinajstić information content (AvgIpc) is 3.08. The van der Waals surface area contributed by atoms with Crippen LogP contribution in [-0.4, -0.2) is 14.7 Å². The van der Waals surface area contributed by atoms with Gasteiger partial charge in [0.25, 0.3) is 0 Å². The number of fused-ring (bicyclic) bond motifs is 1. The highest BCUT2D eigenvalue weighted by atomic mass is 31.0. The summed E-state index contributed by atoms with van der Waals surface area (Å²) in [4.78, 5) is 4.63. The molecule has 0 saturated heterocycles. The topological polar surface area (TPSA) is 50.3 Å². The molecule has 0 N–H and O–H groups in total. The van der Waals surface area contributed by atoms with Gasteiger partial charge < -0.3 is 9.14 Å². The number of ether oxygens (including phenoxy) is 1. The first-order valence-electron chi connectivity index (χ1n) is 9.18. The molecule has 2 unspecified atom stereocenters. The number of rotatable bonds is 4. The van der Waals surface area contributed by atoms with Gasteiger partial charge in [-0.05, 0) is 55.0 Å². The molecule has 1 aliphatic rings. The van der Waals surface area contributed by atoms with E-state index in [0.717, 1.165) is 34.6 Å². The number of nitriles is 1. The zero-order chi connectivity index (χ0) is 19.4. The van der Waals surface area contributed by atoms with E-state index in [9.17, 15) is 5.26 Å². The van der Waals surface area contributed by atoms with Crippen molar-refractivity contribution in [2.75, 3.05) is 0 Å². The second-order valence-corrected chi connectivity index (χ2v) is 9.97. The van der Waals surface area contributed by atoms with E-state index < -0.39 is 0 Å². The van der Waals surface area contributed by atoms with Crippen LogP contribution in [0.1, 0.15) is 51.6 Å². The highest BCUT2D eigenvalue weighted by Crippen LogP contribution is 2.58. The molecule has 1 saturated carbocycles. The second-order valence-electron chi connectivity index (χ2n) is 8.58. The van der Waals surface area contributed by atoms with Crippen LogP contribution in [0.15, 0.2) is 42.6 Å². The Balaban J connectivity index is 1.73. The summed E-state index contributed by atoms with van der Waals surface area (Å²) >= 11 is 0. The molecule has 0 amide bonds. The predicted octanol–water partition coefficient (Wildman–Crippen LogP) is 5.38. The van der Waals surface area contributed by atoms with Crippen LogP contribution in [0.3, 0.4) is 0 Å². The standard InChI is InChI=1S/C22H24N3OP/c1-21(2)11-17(21)20-24-18(12-23)19-10-7-15(13-25(19)20)14-5-8-16(9-6-14)26-22(3,4)27/h5-10,13,17H,11,27H2,1-4H3. The summed E-state index contributed by atoms with van der Waals surface area (Å²) in [7, 11) is 2.69. The lowest BCUT2D eigenvalue weighted by Gasteiger charge is -2.21. The Morgan fingerprint density at radius 1 is 1.19 bits per heavy atom. The number of nitrogens with zero attached hydrogens (tertiary/aromatic N) is 3. The molecular weight excluding hydrogens is 353 g/mol. The van der Waals surface area contributed by atoms with Gasteiger partial charge in [-0.2, -0.15) is 5.26 Å². The Morgan fingerprint density at radius 3 is 2.37 bits per heavy atom. The molecule has 2 atom stereocenters. The van der Waals surface area contributed by atoms with E-state index >= 15 is 0 Å². The SMILES string of the molecule is CC(C)(P)Oc1ccc(-c2ccc3c(C#N)nc(C4CC4(C)C)n3c2)cc1. The molecule has 5 heteroatoms. The Kier molecular flexibility index (Phi) is 4.05. The Hall–Kier alpha value is -2.37. The maximum absolute atomic E-state index is 9.45. The molecule has 4 rings (SSSR count). The monoisotopic (exact) mass is 377 g/mol. The van der Waals surface area contributed by atoms with Crippen molar-refractivity contribution in [3.63, 3.8) is 0 Å². The van der Waals surface area contributed by atoms with Crippen molar-refractivity contribution in [1.29, 1.82) is 5.26 Å². The number of aromatic nitrogens is 2. The highest BCUT2D eigenvalue weighted by Gasteiger charge is 2.49. The predicted molar refractivity (Wildman–Crippen MR) is 111 cm³/mol. The van der Waals surface area contributed by atoms with E-state index in [1.165, 1.54) is 0 Å². The van der Waals surface area contributed by atoms with Crippen LogP contribution in [0.4, 0.5) is 0 Å². The van der Waals surface area contributed by atoms with Gasteiger partial charge in [-0.1, -0.05) is 41.3 Å². The Bertz CT molecular complexity index is 1050. The van der Waals surface area contributed by atoms with Gasteiger partial charge in [0.15, 0.2) is 5.69 Å². The minimum atomic E-state index is -0.295. The zero-order valence-corrected chi connectivity index (χ0v) is 17.3. The molecule has 1 fully saturated rings. The lowest BCUT2D eigenvalue weighted by Crippen LogP contribution is -2.18. The fraction of sp³-hybridized carbons (Fsp3) is 0.364. The zero-order valence-electron chi connectivity index (χ0n) is 16.2. The van der Waals surface area contributed by atoms with Crippen LogP contribution in [0, 0.1) is 16.7 Å². The molecule has 0 spiro atoms. The quantitative estimate of drug-likeness (QED) is 0.574. The summed E-state index contributed by atoms with van der Waals surface area (Å²) in [6.07, 6.45) is 3.21. The molecule has 4 nitrogen and oxygen atoms in total. The van der Waals surface area contributed by atoms with Gasteiger partial charge >= 0.3 is 0 Å². The van der Waals surface area contributed by atoms with Gasteiger partial charge in [0, 0.05) is 12.1 Å². The molecule has 0 bridgehead atoms. The minimum Gasteiger partial charge on any atom is -0.484 e. The number of hydrogen-bond acceptors (Lipinski definition) is 3. The van der Waals surface area contributed by atoms with Crippen molar-refractivity contribution >= 4 is 14.8 Å². The van der Waals surface area contributed by atoms with E-state index in [2.05, 4.69) is 62.9 Å². The van der Waals surface area contributed by atoms with Crippen LogP contribution in [0.2, 0.25) is 0 Å². The van der Waals surface area contributed by atoms with Crippen LogP contribution in [-0.2, 0) is 0 Å². The Labute approximate surface area is 162 Å². The van der Waals surface area contributed by atoms with Crippen molar-refractivity contribution in [2.45, 2.75) is 45.4 Å². The normalized spacial score (nSPS) is 18.3. The molecule has 1 aliphatic carbocycles. The summed E-state index contributed by atoms with van der Waals surface area (Å²) < 4.78 is 7.97. The minimum absolute atomic E-state index is 0.258. The van der Waals surface area contributed by atoms with Crippen LogP contribution in [0.5, 0.6) is 5.75 Å². The first-order valence-corrected chi connectivity index (χ1v) is 9.76. The van der Waals surface area contributed by atoms with Crippen molar-refractivity contribution in [3.8, 4) is 22.9 Å². The summed E-state index contributed by atoms with van der Waals surface area (Å²) in [6, 6.07) is 14.4. The Morgan fingerprint density at radius 2 is 1.81 bits per heavy atom. The number of benzene rings is 1. The van der Waals surface area contributed by atoms with Crippen molar-refractivity contribution in [1.82, 2.24) is 9.38 Å². The summed E-state index contributed by atoms with van der Waals surface area (Å²) in [5, 5.41) is 9.15. The maximum atomic E-state index is 9.45. The molecule has 2 heterocycles. The molecule has 0 radical (unpaired) electrons. The molecule has 27 heavy (non-hydrogen) atoms. The highest BCUT2D eigenvalue weighted by molar-refractivity contribution is 7.18. The molecule has 0 aliphatic heterocycles. The molecule has 1 aromatic carbocycles. The smallest absolute Gasteiger partial charge is 0.166 e. The number of pyridine rings is 1. The van der Waals surface area contributed by atoms with Crippen LogP contribution < -0.4 is 4.74 Å². The van der Waals surface area contributed by atoms with Gasteiger partial charge in [0.2, 0.25) is 0 Å². The second kappa shape index (κ2) is 6.08. The summed E-state index contributed by atoms with van der Waals surface area (Å²) in [6.45, 7) is 8.51. The lowest BCUT2D eigenvalue weighted by atomic mass is 10.1. The average molecular weight is 377 g/mol. The fourth-order valence-corrected chi connectivity index (χ4v) is 3.67.